The van der Waals surface area contributed by atoms with Gasteiger partial charge < -0.3 is 14.2 Å². The summed E-state index contributed by atoms with van der Waals surface area (Å²) in [5.41, 5.74) is 3.89. The number of methoxy groups -OCH3 is 3. The first-order valence-corrected chi connectivity index (χ1v) is 6.92. The monoisotopic (exact) mass is 331 g/mol. The molecule has 0 heterocycles. The van der Waals surface area contributed by atoms with Crippen LogP contribution < -0.4 is 19.6 Å². The predicted octanol–water partition coefficient (Wildman–Crippen LogP) is 3.07. The fraction of sp³-hybridized carbons (Fsp3) is 0.188. The van der Waals surface area contributed by atoms with E-state index in [2.05, 4.69) is 10.5 Å². The van der Waals surface area contributed by atoms with Gasteiger partial charge in [0, 0.05) is 23.8 Å². The number of nitro benzene ring substituents is 1. The molecule has 126 valence electrons. The largest absolute Gasteiger partial charge is 0.496 e. The van der Waals surface area contributed by atoms with Gasteiger partial charge in [-0.05, 0) is 12.1 Å². The van der Waals surface area contributed by atoms with Crippen LogP contribution in [0.25, 0.3) is 0 Å². The second-order valence-corrected chi connectivity index (χ2v) is 4.63. The van der Waals surface area contributed by atoms with E-state index < -0.39 is 4.92 Å². The van der Waals surface area contributed by atoms with E-state index in [1.807, 2.05) is 0 Å². The van der Waals surface area contributed by atoms with Crippen LogP contribution in [0.5, 0.6) is 17.2 Å². The molecule has 0 fully saturated rings. The maximum atomic E-state index is 10.8. The van der Waals surface area contributed by atoms with Crippen molar-refractivity contribution in [2.75, 3.05) is 26.8 Å². The maximum absolute atomic E-state index is 10.8. The number of rotatable bonds is 7. The molecule has 0 aromatic heterocycles. The van der Waals surface area contributed by atoms with Crippen molar-refractivity contribution in [1.29, 1.82) is 0 Å². The SMILES string of the molecule is COc1cc(OC)c(OC)cc1/C=N/Nc1cccc([N+](=O)[O-])c1. The Kier molecular flexibility index (Phi) is 5.56. The second-order valence-electron chi connectivity index (χ2n) is 4.63. The Hall–Kier alpha value is -3.29. The number of nitro groups is 1. The van der Waals surface area contributed by atoms with Crippen LogP contribution >= 0.6 is 0 Å². The average Bonchev–Trinajstić information content (AvgIpc) is 2.61. The van der Waals surface area contributed by atoms with E-state index in [1.165, 1.54) is 39.7 Å². The van der Waals surface area contributed by atoms with Crippen molar-refractivity contribution >= 4 is 17.6 Å². The lowest BCUT2D eigenvalue weighted by Gasteiger charge is -2.11. The molecule has 0 amide bonds. The zero-order chi connectivity index (χ0) is 17.5. The van der Waals surface area contributed by atoms with Crippen LogP contribution in [0.15, 0.2) is 41.5 Å². The summed E-state index contributed by atoms with van der Waals surface area (Å²) in [5.74, 6) is 1.63. The third kappa shape index (κ3) is 3.92. The number of hydrazone groups is 1. The van der Waals surface area contributed by atoms with Crippen molar-refractivity contribution in [3.05, 3.63) is 52.1 Å². The zero-order valence-corrected chi connectivity index (χ0v) is 13.5. The molecule has 0 spiro atoms. The number of nitrogens with one attached hydrogen (secondary N) is 1. The normalized spacial score (nSPS) is 10.5. The molecule has 0 radical (unpaired) electrons. The highest BCUT2D eigenvalue weighted by atomic mass is 16.6. The van der Waals surface area contributed by atoms with Crippen LogP contribution in [0.2, 0.25) is 0 Å². The lowest BCUT2D eigenvalue weighted by Crippen LogP contribution is -1.98. The number of benzene rings is 2. The first-order valence-electron chi connectivity index (χ1n) is 6.92. The molecule has 0 aliphatic heterocycles. The maximum Gasteiger partial charge on any atom is 0.271 e. The Morgan fingerprint density at radius 2 is 1.71 bits per heavy atom. The molecule has 2 aromatic carbocycles. The molecule has 0 atom stereocenters. The molecular weight excluding hydrogens is 314 g/mol. The molecule has 24 heavy (non-hydrogen) atoms. The zero-order valence-electron chi connectivity index (χ0n) is 13.5. The Labute approximate surface area is 138 Å². The second kappa shape index (κ2) is 7.82. The molecule has 0 saturated carbocycles. The van der Waals surface area contributed by atoms with E-state index in [1.54, 1.807) is 24.3 Å². The highest BCUT2D eigenvalue weighted by molar-refractivity contribution is 5.85. The van der Waals surface area contributed by atoms with Crippen LogP contribution in [0.1, 0.15) is 5.56 Å². The molecule has 0 unspecified atom stereocenters. The summed E-state index contributed by atoms with van der Waals surface area (Å²) < 4.78 is 15.8. The Morgan fingerprint density at radius 3 is 2.33 bits per heavy atom. The molecule has 2 aromatic rings. The van der Waals surface area contributed by atoms with Gasteiger partial charge in [0.1, 0.15) is 5.75 Å². The summed E-state index contributed by atoms with van der Waals surface area (Å²) in [6.07, 6.45) is 1.53. The average molecular weight is 331 g/mol. The van der Waals surface area contributed by atoms with Gasteiger partial charge >= 0.3 is 0 Å². The van der Waals surface area contributed by atoms with Crippen molar-refractivity contribution in [3.63, 3.8) is 0 Å². The number of hydrogen-bond acceptors (Lipinski definition) is 7. The minimum Gasteiger partial charge on any atom is -0.496 e. The van der Waals surface area contributed by atoms with Crippen molar-refractivity contribution in [1.82, 2.24) is 0 Å². The summed E-state index contributed by atoms with van der Waals surface area (Å²) >= 11 is 0. The molecule has 8 nitrogen and oxygen atoms in total. The summed E-state index contributed by atoms with van der Waals surface area (Å²) in [5, 5.41) is 14.8. The lowest BCUT2D eigenvalue weighted by molar-refractivity contribution is -0.384. The predicted molar refractivity (Wildman–Crippen MR) is 90.4 cm³/mol. The number of nitrogens with zero attached hydrogens (tertiary/aromatic N) is 2. The highest BCUT2D eigenvalue weighted by Gasteiger charge is 2.10. The van der Waals surface area contributed by atoms with E-state index in [-0.39, 0.29) is 5.69 Å². The van der Waals surface area contributed by atoms with Gasteiger partial charge in [-0.1, -0.05) is 6.07 Å². The van der Waals surface area contributed by atoms with Gasteiger partial charge in [0.05, 0.1) is 38.2 Å². The van der Waals surface area contributed by atoms with Crippen LogP contribution in [-0.2, 0) is 0 Å². The third-order valence-corrected chi connectivity index (χ3v) is 3.19. The van der Waals surface area contributed by atoms with Crippen LogP contribution in [0.4, 0.5) is 11.4 Å². The van der Waals surface area contributed by atoms with Crippen LogP contribution in [0, 0.1) is 10.1 Å². The number of ether oxygens (including phenoxy) is 3. The molecule has 0 aliphatic carbocycles. The van der Waals surface area contributed by atoms with E-state index in [4.69, 9.17) is 14.2 Å². The lowest BCUT2D eigenvalue weighted by atomic mass is 10.2. The van der Waals surface area contributed by atoms with Crippen molar-refractivity contribution in [2.45, 2.75) is 0 Å². The molecule has 0 saturated heterocycles. The van der Waals surface area contributed by atoms with Gasteiger partial charge in [-0.15, -0.1) is 0 Å². The van der Waals surface area contributed by atoms with Crippen molar-refractivity contribution in [2.24, 2.45) is 5.10 Å². The number of non-ortho nitro benzene ring substituents is 1. The van der Waals surface area contributed by atoms with E-state index in [9.17, 15) is 10.1 Å². The van der Waals surface area contributed by atoms with Gasteiger partial charge in [0.25, 0.3) is 5.69 Å². The Bertz CT molecular complexity index is 761. The van der Waals surface area contributed by atoms with Gasteiger partial charge in [-0.2, -0.15) is 5.10 Å². The van der Waals surface area contributed by atoms with Crippen LogP contribution in [-0.4, -0.2) is 32.5 Å². The number of hydrogen-bond donors (Lipinski definition) is 1. The fourth-order valence-corrected chi connectivity index (χ4v) is 2.02. The summed E-state index contributed by atoms with van der Waals surface area (Å²) in [4.78, 5) is 10.3. The summed E-state index contributed by atoms with van der Waals surface area (Å²) in [7, 11) is 4.61. The standard InChI is InChI=1S/C16H17N3O5/c1-22-14-9-16(24-3)15(23-2)7-11(14)10-17-18-12-5-4-6-13(8-12)19(20)21/h4-10,18H,1-3H3/b17-10+. The van der Waals surface area contributed by atoms with Gasteiger partial charge in [-0.3, -0.25) is 15.5 Å². The van der Waals surface area contributed by atoms with Crippen molar-refractivity contribution in [3.8, 4) is 17.2 Å². The summed E-state index contributed by atoms with van der Waals surface area (Å²) in [6, 6.07) is 9.46. The first kappa shape index (κ1) is 17.1. The summed E-state index contributed by atoms with van der Waals surface area (Å²) in [6.45, 7) is 0. The van der Waals surface area contributed by atoms with Gasteiger partial charge in [0.2, 0.25) is 0 Å². The molecular formula is C16H17N3O5. The molecule has 0 bridgehead atoms. The third-order valence-electron chi connectivity index (χ3n) is 3.19. The van der Waals surface area contributed by atoms with E-state index in [0.29, 0.717) is 28.5 Å². The van der Waals surface area contributed by atoms with E-state index in [0.717, 1.165) is 0 Å². The minimum atomic E-state index is -0.466. The van der Waals surface area contributed by atoms with Crippen LogP contribution in [0.3, 0.4) is 0 Å². The molecule has 0 aliphatic rings. The first-order chi connectivity index (χ1) is 11.6. The van der Waals surface area contributed by atoms with Gasteiger partial charge in [0.15, 0.2) is 11.5 Å². The van der Waals surface area contributed by atoms with Crippen molar-refractivity contribution < 1.29 is 19.1 Å². The molecule has 8 heteroatoms. The smallest absolute Gasteiger partial charge is 0.271 e. The minimum absolute atomic E-state index is 0.0149. The number of anilines is 1. The van der Waals surface area contributed by atoms with E-state index >= 15 is 0 Å². The molecule has 2 rings (SSSR count). The quantitative estimate of drug-likeness (QED) is 0.476. The molecule has 1 N–H and O–H groups in total. The Morgan fingerprint density at radius 1 is 1.04 bits per heavy atom. The topological polar surface area (TPSA) is 95.2 Å². The van der Waals surface area contributed by atoms with Gasteiger partial charge in [-0.25, -0.2) is 0 Å². The fourth-order valence-electron chi connectivity index (χ4n) is 2.02. The Balaban J connectivity index is 2.22. The highest BCUT2D eigenvalue weighted by Crippen LogP contribution is 2.33.